The first-order valence-corrected chi connectivity index (χ1v) is 10.9. The SMILES string of the molecule is Cc1cccc(O[C@H](C)C(=O)Nc2cccc(C(=O)c3ccc(C(C)(C)C)cc3)c2)c1C. The van der Waals surface area contributed by atoms with Gasteiger partial charge in [-0.05, 0) is 61.1 Å². The van der Waals surface area contributed by atoms with Gasteiger partial charge in [0.05, 0.1) is 0 Å². The van der Waals surface area contributed by atoms with Gasteiger partial charge >= 0.3 is 0 Å². The van der Waals surface area contributed by atoms with Crippen LogP contribution in [0.5, 0.6) is 5.75 Å². The van der Waals surface area contributed by atoms with E-state index < -0.39 is 6.10 Å². The second kappa shape index (κ2) is 9.39. The summed E-state index contributed by atoms with van der Waals surface area (Å²) in [4.78, 5) is 25.6. The lowest BCUT2D eigenvalue weighted by Crippen LogP contribution is -2.30. The van der Waals surface area contributed by atoms with Crippen molar-refractivity contribution >= 4 is 17.4 Å². The summed E-state index contributed by atoms with van der Waals surface area (Å²) in [5.74, 6) is 0.335. The lowest BCUT2D eigenvalue weighted by Gasteiger charge is -2.19. The summed E-state index contributed by atoms with van der Waals surface area (Å²) in [6.45, 7) is 12.1. The molecule has 1 amide bonds. The Morgan fingerprint density at radius 2 is 1.53 bits per heavy atom. The van der Waals surface area contributed by atoms with E-state index in [0.717, 1.165) is 11.1 Å². The monoisotopic (exact) mass is 429 g/mol. The molecule has 166 valence electrons. The normalized spacial score (nSPS) is 12.2. The van der Waals surface area contributed by atoms with Crippen LogP contribution in [0, 0.1) is 13.8 Å². The van der Waals surface area contributed by atoms with E-state index in [-0.39, 0.29) is 17.1 Å². The molecule has 4 heteroatoms. The van der Waals surface area contributed by atoms with Gasteiger partial charge in [-0.1, -0.05) is 69.3 Å². The van der Waals surface area contributed by atoms with Crippen molar-refractivity contribution < 1.29 is 14.3 Å². The highest BCUT2D eigenvalue weighted by Crippen LogP contribution is 2.24. The van der Waals surface area contributed by atoms with Crippen LogP contribution in [0.4, 0.5) is 5.69 Å². The number of aryl methyl sites for hydroxylation is 1. The molecule has 0 radical (unpaired) electrons. The molecule has 0 unspecified atom stereocenters. The minimum atomic E-state index is -0.681. The fourth-order valence-electron chi connectivity index (χ4n) is 3.37. The van der Waals surface area contributed by atoms with Crippen LogP contribution >= 0.6 is 0 Å². The highest BCUT2D eigenvalue weighted by atomic mass is 16.5. The van der Waals surface area contributed by atoms with Crippen LogP contribution in [0.25, 0.3) is 0 Å². The molecule has 0 bridgehead atoms. The van der Waals surface area contributed by atoms with Crippen molar-refractivity contribution in [3.63, 3.8) is 0 Å². The van der Waals surface area contributed by atoms with Crippen LogP contribution < -0.4 is 10.1 Å². The van der Waals surface area contributed by atoms with Crippen molar-refractivity contribution in [1.82, 2.24) is 0 Å². The van der Waals surface area contributed by atoms with Crippen LogP contribution in [0.15, 0.2) is 66.7 Å². The summed E-state index contributed by atoms with van der Waals surface area (Å²) in [5, 5.41) is 2.86. The van der Waals surface area contributed by atoms with Crippen LogP contribution in [-0.2, 0) is 10.2 Å². The third-order valence-electron chi connectivity index (χ3n) is 5.63. The summed E-state index contributed by atoms with van der Waals surface area (Å²) in [5.41, 5.74) is 5.02. The maximum atomic E-state index is 13.0. The molecule has 0 aromatic heterocycles. The number of amides is 1. The molecule has 1 atom stereocenters. The van der Waals surface area contributed by atoms with Crippen LogP contribution in [0.1, 0.15) is 60.3 Å². The predicted octanol–water partition coefficient (Wildman–Crippen LogP) is 6.24. The molecule has 0 aliphatic heterocycles. The highest BCUT2D eigenvalue weighted by molar-refractivity contribution is 6.09. The maximum absolute atomic E-state index is 13.0. The number of hydrogen-bond acceptors (Lipinski definition) is 3. The molecule has 0 aliphatic carbocycles. The quantitative estimate of drug-likeness (QED) is 0.472. The van der Waals surface area contributed by atoms with Crippen molar-refractivity contribution in [2.24, 2.45) is 0 Å². The van der Waals surface area contributed by atoms with Gasteiger partial charge in [-0.2, -0.15) is 0 Å². The van der Waals surface area contributed by atoms with E-state index in [0.29, 0.717) is 22.6 Å². The number of hydrogen-bond donors (Lipinski definition) is 1. The van der Waals surface area contributed by atoms with Gasteiger partial charge in [-0.15, -0.1) is 0 Å². The average Bonchev–Trinajstić information content (AvgIpc) is 2.76. The van der Waals surface area contributed by atoms with Gasteiger partial charge in [0, 0.05) is 16.8 Å². The Hall–Kier alpha value is -3.40. The van der Waals surface area contributed by atoms with Gasteiger partial charge in [0.15, 0.2) is 11.9 Å². The fourth-order valence-corrected chi connectivity index (χ4v) is 3.37. The summed E-state index contributed by atoms with van der Waals surface area (Å²) >= 11 is 0. The number of anilines is 1. The number of benzene rings is 3. The Morgan fingerprint density at radius 1 is 0.875 bits per heavy atom. The van der Waals surface area contributed by atoms with Gasteiger partial charge in [-0.25, -0.2) is 0 Å². The van der Waals surface area contributed by atoms with Crippen molar-refractivity contribution in [2.45, 2.75) is 53.1 Å². The molecule has 0 spiro atoms. The van der Waals surface area contributed by atoms with E-state index in [2.05, 4.69) is 26.1 Å². The van der Waals surface area contributed by atoms with Gasteiger partial charge in [0.25, 0.3) is 5.91 Å². The first kappa shape index (κ1) is 23.3. The first-order valence-electron chi connectivity index (χ1n) is 10.9. The van der Waals surface area contributed by atoms with E-state index >= 15 is 0 Å². The highest BCUT2D eigenvalue weighted by Gasteiger charge is 2.18. The second-order valence-electron chi connectivity index (χ2n) is 9.18. The molecule has 3 aromatic carbocycles. The fraction of sp³-hybridized carbons (Fsp3) is 0.286. The molecule has 0 saturated carbocycles. The van der Waals surface area contributed by atoms with Crippen molar-refractivity contribution in [3.05, 3.63) is 94.5 Å². The molecule has 0 fully saturated rings. The van der Waals surface area contributed by atoms with E-state index in [4.69, 9.17) is 4.74 Å². The summed E-state index contributed by atoms with van der Waals surface area (Å²) in [7, 11) is 0. The third kappa shape index (κ3) is 5.44. The minimum absolute atomic E-state index is 0.0293. The molecule has 4 nitrogen and oxygen atoms in total. The molecule has 0 heterocycles. The molecule has 3 rings (SSSR count). The largest absolute Gasteiger partial charge is 0.481 e. The van der Waals surface area contributed by atoms with E-state index in [1.54, 1.807) is 31.2 Å². The molecule has 3 aromatic rings. The van der Waals surface area contributed by atoms with Gasteiger partial charge < -0.3 is 10.1 Å². The zero-order valence-corrected chi connectivity index (χ0v) is 19.7. The Morgan fingerprint density at radius 3 is 2.19 bits per heavy atom. The second-order valence-corrected chi connectivity index (χ2v) is 9.18. The van der Waals surface area contributed by atoms with Crippen LogP contribution in [-0.4, -0.2) is 17.8 Å². The number of carbonyl (C=O) groups is 2. The average molecular weight is 430 g/mol. The Labute approximate surface area is 190 Å². The van der Waals surface area contributed by atoms with Gasteiger partial charge in [-0.3, -0.25) is 9.59 Å². The Kier molecular flexibility index (Phi) is 6.83. The number of nitrogens with one attached hydrogen (secondary N) is 1. The molecule has 32 heavy (non-hydrogen) atoms. The Bertz CT molecular complexity index is 1120. The van der Waals surface area contributed by atoms with Crippen LogP contribution in [0.3, 0.4) is 0 Å². The van der Waals surface area contributed by atoms with E-state index in [9.17, 15) is 9.59 Å². The third-order valence-corrected chi connectivity index (χ3v) is 5.63. The number of ketones is 1. The van der Waals surface area contributed by atoms with Crippen molar-refractivity contribution in [1.29, 1.82) is 0 Å². The number of carbonyl (C=O) groups excluding carboxylic acids is 2. The lowest BCUT2D eigenvalue weighted by molar-refractivity contribution is -0.122. The molecular formula is C28H31NO3. The molecule has 1 N–H and O–H groups in total. The Balaban J connectivity index is 1.70. The van der Waals surface area contributed by atoms with Crippen molar-refractivity contribution in [3.8, 4) is 5.75 Å². The van der Waals surface area contributed by atoms with Crippen molar-refractivity contribution in [2.75, 3.05) is 5.32 Å². The number of ether oxygens (including phenoxy) is 1. The number of rotatable bonds is 6. The zero-order valence-electron chi connectivity index (χ0n) is 19.7. The summed E-state index contributed by atoms with van der Waals surface area (Å²) in [6.07, 6.45) is -0.681. The summed E-state index contributed by atoms with van der Waals surface area (Å²) < 4.78 is 5.87. The molecular weight excluding hydrogens is 398 g/mol. The topological polar surface area (TPSA) is 55.4 Å². The predicted molar refractivity (Wildman–Crippen MR) is 130 cm³/mol. The van der Waals surface area contributed by atoms with Gasteiger partial charge in [0.1, 0.15) is 5.75 Å². The molecule has 0 saturated heterocycles. The standard InChI is InChI=1S/C28H31NO3/c1-18-9-7-12-25(19(18)2)32-20(3)27(31)29-24-11-8-10-22(17-24)26(30)21-13-15-23(16-14-21)28(4,5)6/h7-17,20H,1-6H3,(H,29,31)/t20-/m1/s1. The van der Waals surface area contributed by atoms with E-state index in [1.807, 2.05) is 56.3 Å². The maximum Gasteiger partial charge on any atom is 0.265 e. The zero-order chi connectivity index (χ0) is 23.5. The molecule has 0 aliphatic rings. The van der Waals surface area contributed by atoms with E-state index in [1.165, 1.54) is 5.56 Å². The lowest BCUT2D eigenvalue weighted by atomic mass is 9.86. The summed E-state index contributed by atoms with van der Waals surface area (Å²) in [6, 6.07) is 20.4. The smallest absolute Gasteiger partial charge is 0.265 e. The first-order chi connectivity index (χ1) is 15.1. The van der Waals surface area contributed by atoms with Crippen LogP contribution in [0.2, 0.25) is 0 Å². The van der Waals surface area contributed by atoms with Gasteiger partial charge in [0.2, 0.25) is 0 Å². The minimum Gasteiger partial charge on any atom is -0.481 e.